The molecule has 3 nitrogen and oxygen atoms in total. The largest absolute Gasteiger partial charge is 0.482 e. The Labute approximate surface area is 88.3 Å². The van der Waals surface area contributed by atoms with Gasteiger partial charge in [0.05, 0.1) is 0 Å². The summed E-state index contributed by atoms with van der Waals surface area (Å²) in [6, 6.07) is 8.17. The van der Waals surface area contributed by atoms with Gasteiger partial charge in [0.2, 0.25) is 0 Å². The van der Waals surface area contributed by atoms with Crippen molar-refractivity contribution in [3.05, 3.63) is 48.0 Å². The summed E-state index contributed by atoms with van der Waals surface area (Å²) in [6.45, 7) is 0. The number of hydrogen-bond donors (Lipinski definition) is 0. The molecule has 0 aliphatic carbocycles. The fourth-order valence-electron chi connectivity index (χ4n) is 2.01. The van der Waals surface area contributed by atoms with Crippen molar-refractivity contribution in [2.75, 3.05) is 0 Å². The molecule has 0 fully saturated rings. The molecule has 3 rings (SSSR count). The predicted molar refractivity (Wildman–Crippen MR) is 56.7 cm³/mol. The second-order valence-electron chi connectivity index (χ2n) is 3.81. The Bertz CT molecular complexity index is 465. The van der Waals surface area contributed by atoms with E-state index in [0.29, 0.717) is 0 Å². The molecule has 2 aromatic rings. The third kappa shape index (κ3) is 1.31. The number of nitrogens with zero attached hydrogens (tertiary/aromatic N) is 2. The number of aromatic nitrogens is 2. The fraction of sp³-hybridized carbons (Fsp3) is 0.250. The molecule has 1 aromatic carbocycles. The molecule has 0 bridgehead atoms. The Hall–Kier alpha value is -1.77. The second kappa shape index (κ2) is 3.12. The summed E-state index contributed by atoms with van der Waals surface area (Å²) >= 11 is 0. The highest BCUT2D eigenvalue weighted by atomic mass is 16.5. The van der Waals surface area contributed by atoms with Gasteiger partial charge in [-0.25, -0.2) is 4.98 Å². The van der Waals surface area contributed by atoms with Gasteiger partial charge in [-0.1, -0.05) is 18.2 Å². The lowest BCUT2D eigenvalue weighted by Crippen LogP contribution is -2.09. The lowest BCUT2D eigenvalue weighted by Gasteiger charge is -2.09. The fourth-order valence-corrected chi connectivity index (χ4v) is 2.01. The Morgan fingerprint density at radius 2 is 2.27 bits per heavy atom. The summed E-state index contributed by atoms with van der Waals surface area (Å²) < 4.78 is 7.86. The Balaban J connectivity index is 1.94. The molecular formula is C12H12N2O. The van der Waals surface area contributed by atoms with Crippen LogP contribution in [0.2, 0.25) is 0 Å². The van der Waals surface area contributed by atoms with Crippen LogP contribution in [-0.4, -0.2) is 9.55 Å². The van der Waals surface area contributed by atoms with Crippen molar-refractivity contribution in [3.63, 3.8) is 0 Å². The van der Waals surface area contributed by atoms with Crippen LogP contribution in [0.15, 0.2) is 36.7 Å². The van der Waals surface area contributed by atoms with Crippen LogP contribution >= 0.6 is 0 Å². The monoisotopic (exact) mass is 200 g/mol. The van der Waals surface area contributed by atoms with E-state index in [1.807, 2.05) is 42.2 Å². The number of fused-ring (bicyclic) bond motifs is 1. The highest BCUT2D eigenvalue weighted by Crippen LogP contribution is 2.35. The van der Waals surface area contributed by atoms with E-state index in [1.165, 1.54) is 5.56 Å². The van der Waals surface area contributed by atoms with Crippen molar-refractivity contribution in [2.45, 2.75) is 12.5 Å². The summed E-state index contributed by atoms with van der Waals surface area (Å²) in [4.78, 5) is 4.32. The van der Waals surface area contributed by atoms with Gasteiger partial charge in [0.25, 0.3) is 0 Å². The zero-order chi connectivity index (χ0) is 10.3. The van der Waals surface area contributed by atoms with Crippen molar-refractivity contribution in [2.24, 2.45) is 7.05 Å². The normalized spacial score (nSPS) is 18.6. The molecule has 76 valence electrons. The van der Waals surface area contributed by atoms with Crippen LogP contribution in [-0.2, 0) is 13.5 Å². The topological polar surface area (TPSA) is 27.1 Å². The first-order chi connectivity index (χ1) is 7.34. The smallest absolute Gasteiger partial charge is 0.160 e. The maximum Gasteiger partial charge on any atom is 0.160 e. The maximum atomic E-state index is 5.85. The molecule has 15 heavy (non-hydrogen) atoms. The second-order valence-corrected chi connectivity index (χ2v) is 3.81. The van der Waals surface area contributed by atoms with Gasteiger partial charge in [-0.2, -0.15) is 0 Å². The van der Waals surface area contributed by atoms with E-state index >= 15 is 0 Å². The van der Waals surface area contributed by atoms with Gasteiger partial charge >= 0.3 is 0 Å². The lowest BCUT2D eigenvalue weighted by molar-refractivity contribution is 0.223. The molecule has 0 amide bonds. The van der Waals surface area contributed by atoms with Gasteiger partial charge in [-0.3, -0.25) is 0 Å². The first kappa shape index (κ1) is 8.53. The van der Waals surface area contributed by atoms with Crippen LogP contribution in [0.3, 0.4) is 0 Å². The molecule has 0 spiro atoms. The molecule has 3 heteroatoms. The van der Waals surface area contributed by atoms with Crippen LogP contribution in [0.1, 0.15) is 17.5 Å². The van der Waals surface area contributed by atoms with E-state index in [1.54, 1.807) is 0 Å². The van der Waals surface area contributed by atoms with Crippen LogP contribution in [0, 0.1) is 0 Å². The number of rotatable bonds is 1. The zero-order valence-corrected chi connectivity index (χ0v) is 8.55. The molecule has 1 atom stereocenters. The Morgan fingerprint density at radius 1 is 1.40 bits per heavy atom. The van der Waals surface area contributed by atoms with E-state index in [9.17, 15) is 0 Å². The maximum absolute atomic E-state index is 5.85. The van der Waals surface area contributed by atoms with Gasteiger partial charge in [0.15, 0.2) is 6.10 Å². The number of benzene rings is 1. The molecule has 1 aromatic heterocycles. The highest BCUT2D eigenvalue weighted by Gasteiger charge is 2.26. The molecule has 2 heterocycles. The van der Waals surface area contributed by atoms with Gasteiger partial charge in [0, 0.05) is 25.9 Å². The number of aryl methyl sites for hydroxylation is 1. The molecule has 1 aliphatic rings. The average Bonchev–Trinajstić information content (AvgIpc) is 2.82. The molecule has 1 aliphatic heterocycles. The number of para-hydroxylation sites is 1. The van der Waals surface area contributed by atoms with E-state index in [-0.39, 0.29) is 6.10 Å². The third-order valence-corrected chi connectivity index (χ3v) is 2.79. The average molecular weight is 200 g/mol. The Morgan fingerprint density at radius 3 is 3.00 bits per heavy atom. The van der Waals surface area contributed by atoms with E-state index in [2.05, 4.69) is 11.1 Å². The van der Waals surface area contributed by atoms with E-state index in [4.69, 9.17) is 4.74 Å². The first-order valence-electron chi connectivity index (χ1n) is 5.06. The molecule has 0 N–H and O–H groups in total. The Kier molecular flexibility index (Phi) is 1.78. The minimum absolute atomic E-state index is 0.0717. The van der Waals surface area contributed by atoms with Crippen molar-refractivity contribution < 1.29 is 4.74 Å². The molecule has 0 saturated heterocycles. The van der Waals surface area contributed by atoms with Crippen LogP contribution in [0.25, 0.3) is 0 Å². The van der Waals surface area contributed by atoms with Crippen molar-refractivity contribution in [1.82, 2.24) is 9.55 Å². The van der Waals surface area contributed by atoms with Gasteiger partial charge < -0.3 is 9.30 Å². The van der Waals surface area contributed by atoms with Crippen molar-refractivity contribution in [1.29, 1.82) is 0 Å². The first-order valence-corrected chi connectivity index (χ1v) is 5.06. The van der Waals surface area contributed by atoms with Crippen LogP contribution in [0.4, 0.5) is 0 Å². The summed E-state index contributed by atoms with van der Waals surface area (Å²) in [5.41, 5.74) is 1.27. The highest BCUT2D eigenvalue weighted by molar-refractivity contribution is 5.38. The zero-order valence-electron chi connectivity index (χ0n) is 8.55. The minimum atomic E-state index is 0.0717. The van der Waals surface area contributed by atoms with Gasteiger partial charge in [-0.15, -0.1) is 0 Å². The minimum Gasteiger partial charge on any atom is -0.482 e. The number of ether oxygens (including phenoxy) is 1. The predicted octanol–water partition coefficient (Wildman–Crippen LogP) is 2.10. The standard InChI is InChI=1S/C12H12N2O/c1-14-7-6-13-12(14)11-8-9-4-2-3-5-10(9)15-11/h2-7,11H,8H2,1H3. The number of hydrogen-bond acceptors (Lipinski definition) is 2. The molecule has 1 unspecified atom stereocenters. The summed E-state index contributed by atoms with van der Waals surface area (Å²) in [6.07, 6.45) is 4.74. The molecular weight excluding hydrogens is 188 g/mol. The lowest BCUT2D eigenvalue weighted by atomic mass is 10.1. The molecule has 0 radical (unpaired) electrons. The third-order valence-electron chi connectivity index (χ3n) is 2.79. The van der Waals surface area contributed by atoms with Gasteiger partial charge in [-0.05, 0) is 11.6 Å². The van der Waals surface area contributed by atoms with Crippen molar-refractivity contribution in [3.8, 4) is 5.75 Å². The quantitative estimate of drug-likeness (QED) is 0.704. The van der Waals surface area contributed by atoms with E-state index in [0.717, 1.165) is 18.0 Å². The van der Waals surface area contributed by atoms with Gasteiger partial charge in [0.1, 0.15) is 11.6 Å². The SMILES string of the molecule is Cn1ccnc1C1Cc2ccccc2O1. The van der Waals surface area contributed by atoms with Crippen LogP contribution in [0.5, 0.6) is 5.75 Å². The van der Waals surface area contributed by atoms with Crippen molar-refractivity contribution >= 4 is 0 Å². The molecule has 0 saturated carbocycles. The summed E-state index contributed by atoms with van der Waals surface area (Å²) in [5, 5.41) is 0. The van der Waals surface area contributed by atoms with Crippen LogP contribution < -0.4 is 4.74 Å². The summed E-state index contributed by atoms with van der Waals surface area (Å²) in [5.74, 6) is 1.98. The summed E-state index contributed by atoms with van der Waals surface area (Å²) in [7, 11) is 1.99. The number of imidazole rings is 1. The van der Waals surface area contributed by atoms with E-state index < -0.39 is 0 Å².